The van der Waals surface area contributed by atoms with Gasteiger partial charge >= 0.3 is 0 Å². The summed E-state index contributed by atoms with van der Waals surface area (Å²) in [6.07, 6.45) is 0.429. The van der Waals surface area contributed by atoms with Crippen LogP contribution in [0.4, 0.5) is 5.13 Å². The fourth-order valence-electron chi connectivity index (χ4n) is 2.09. The zero-order valence-corrected chi connectivity index (χ0v) is 13.9. The molecule has 114 valence electrons. The molecule has 7 heteroatoms. The molecule has 1 aliphatic carbocycles. The number of carbonyl (C=O) groups is 2. The SMILES string of the molecule is CC(=O)c1sc(NC(=O)[C@H]2CC2(Cl)Cl)nc1-c1ccccc1. The molecule has 1 aromatic carbocycles. The van der Waals surface area contributed by atoms with Crippen LogP contribution in [0, 0.1) is 5.92 Å². The van der Waals surface area contributed by atoms with Crippen LogP contribution in [0.15, 0.2) is 30.3 Å². The summed E-state index contributed by atoms with van der Waals surface area (Å²) in [5, 5.41) is 3.07. The summed E-state index contributed by atoms with van der Waals surface area (Å²) >= 11 is 12.9. The molecule has 0 bridgehead atoms. The molecule has 1 heterocycles. The van der Waals surface area contributed by atoms with Crippen LogP contribution < -0.4 is 5.32 Å². The van der Waals surface area contributed by atoms with Crippen LogP contribution in [0.1, 0.15) is 23.0 Å². The van der Waals surface area contributed by atoms with E-state index in [0.29, 0.717) is 22.1 Å². The largest absolute Gasteiger partial charge is 0.302 e. The van der Waals surface area contributed by atoms with E-state index >= 15 is 0 Å². The average molecular weight is 355 g/mol. The second-order valence-corrected chi connectivity index (χ2v) is 7.67. The van der Waals surface area contributed by atoms with Crippen LogP contribution in [0.5, 0.6) is 0 Å². The Morgan fingerprint density at radius 2 is 1.95 bits per heavy atom. The maximum Gasteiger partial charge on any atom is 0.232 e. The summed E-state index contributed by atoms with van der Waals surface area (Å²) in [6.45, 7) is 1.48. The number of amides is 1. The van der Waals surface area contributed by atoms with Gasteiger partial charge in [0.05, 0.1) is 16.5 Å². The highest BCUT2D eigenvalue weighted by Gasteiger charge is 2.56. The van der Waals surface area contributed by atoms with Crippen molar-refractivity contribution < 1.29 is 9.59 Å². The third-order valence-electron chi connectivity index (χ3n) is 3.37. The van der Waals surface area contributed by atoms with Gasteiger partial charge in [-0.3, -0.25) is 9.59 Å². The Hall–Kier alpha value is -1.43. The number of Topliss-reactive ketones (excluding diaryl/α,β-unsaturated/α-hetero) is 1. The third-order valence-corrected chi connectivity index (χ3v) is 5.27. The highest BCUT2D eigenvalue weighted by molar-refractivity contribution is 7.18. The molecule has 2 aromatic rings. The van der Waals surface area contributed by atoms with Gasteiger partial charge in [0.2, 0.25) is 5.91 Å². The fourth-order valence-corrected chi connectivity index (χ4v) is 3.49. The summed E-state index contributed by atoms with van der Waals surface area (Å²) in [5.74, 6) is -0.790. The molecule has 22 heavy (non-hydrogen) atoms. The molecule has 0 unspecified atom stereocenters. The smallest absolute Gasteiger partial charge is 0.232 e. The number of nitrogens with one attached hydrogen (secondary N) is 1. The van der Waals surface area contributed by atoms with Gasteiger partial charge < -0.3 is 5.32 Å². The Bertz CT molecular complexity index is 743. The van der Waals surface area contributed by atoms with Crippen LogP contribution in [0.3, 0.4) is 0 Å². The number of hydrogen-bond acceptors (Lipinski definition) is 4. The second-order valence-electron chi connectivity index (χ2n) is 5.13. The van der Waals surface area contributed by atoms with E-state index in [4.69, 9.17) is 23.2 Å². The van der Waals surface area contributed by atoms with Crippen molar-refractivity contribution in [1.29, 1.82) is 0 Å². The molecule has 4 nitrogen and oxygen atoms in total. The first-order valence-electron chi connectivity index (χ1n) is 6.64. The number of halogens is 2. The van der Waals surface area contributed by atoms with E-state index in [-0.39, 0.29) is 11.7 Å². The first-order chi connectivity index (χ1) is 10.4. The summed E-state index contributed by atoms with van der Waals surface area (Å²) in [4.78, 5) is 28.7. The minimum absolute atomic E-state index is 0.0905. The van der Waals surface area contributed by atoms with E-state index in [1.54, 1.807) is 0 Å². The van der Waals surface area contributed by atoms with Gasteiger partial charge in [0.1, 0.15) is 4.33 Å². The van der Waals surface area contributed by atoms with Gasteiger partial charge in [-0.25, -0.2) is 4.98 Å². The van der Waals surface area contributed by atoms with Crippen LogP contribution in [0.25, 0.3) is 11.3 Å². The Kier molecular flexibility index (Phi) is 3.97. The Morgan fingerprint density at radius 3 is 2.50 bits per heavy atom. The molecule has 0 spiro atoms. The lowest BCUT2D eigenvalue weighted by Crippen LogP contribution is -2.16. The number of thiazole rings is 1. The predicted molar refractivity (Wildman–Crippen MR) is 88.7 cm³/mol. The van der Waals surface area contributed by atoms with Crippen LogP contribution in [-0.4, -0.2) is 21.0 Å². The molecular weight excluding hydrogens is 343 g/mol. The third kappa shape index (κ3) is 3.02. The van der Waals surface area contributed by atoms with Gasteiger partial charge in [-0.05, 0) is 6.42 Å². The lowest BCUT2D eigenvalue weighted by atomic mass is 10.1. The minimum Gasteiger partial charge on any atom is -0.302 e. The first-order valence-corrected chi connectivity index (χ1v) is 8.21. The number of nitrogens with zero attached hydrogens (tertiary/aromatic N) is 1. The van der Waals surface area contributed by atoms with Crippen LogP contribution >= 0.6 is 34.5 Å². The van der Waals surface area contributed by atoms with E-state index < -0.39 is 10.3 Å². The fraction of sp³-hybridized carbons (Fsp3) is 0.267. The molecule has 1 aromatic heterocycles. The summed E-state index contributed by atoms with van der Waals surface area (Å²) < 4.78 is -0.979. The number of alkyl halides is 2. The second kappa shape index (κ2) is 5.65. The quantitative estimate of drug-likeness (QED) is 0.662. The predicted octanol–water partition coefficient (Wildman–Crippen LogP) is 4.15. The Balaban J connectivity index is 1.88. The van der Waals surface area contributed by atoms with Crippen molar-refractivity contribution in [3.8, 4) is 11.3 Å². The molecule has 0 radical (unpaired) electrons. The van der Waals surface area contributed by atoms with E-state index in [9.17, 15) is 9.59 Å². The molecule has 1 fully saturated rings. The van der Waals surface area contributed by atoms with E-state index in [2.05, 4.69) is 10.3 Å². The zero-order chi connectivity index (χ0) is 15.9. The number of benzene rings is 1. The van der Waals surface area contributed by atoms with Gasteiger partial charge in [-0.2, -0.15) is 0 Å². The van der Waals surface area contributed by atoms with E-state index in [0.717, 1.165) is 16.9 Å². The lowest BCUT2D eigenvalue weighted by Gasteiger charge is -2.00. The number of aromatic nitrogens is 1. The standard InChI is InChI=1S/C15H12Cl2N2O2S/c1-8(20)12-11(9-5-3-2-4-6-9)18-14(22-12)19-13(21)10-7-15(10,16)17/h2-6,10H,7H2,1H3,(H,18,19,21)/t10-/m1/s1. The van der Waals surface area contributed by atoms with Crippen molar-refractivity contribution in [3.63, 3.8) is 0 Å². The topological polar surface area (TPSA) is 59.1 Å². The number of anilines is 1. The van der Waals surface area contributed by atoms with Crippen molar-refractivity contribution in [2.24, 2.45) is 5.92 Å². The monoisotopic (exact) mass is 354 g/mol. The van der Waals surface area contributed by atoms with Gasteiger partial charge in [0.25, 0.3) is 0 Å². The van der Waals surface area contributed by atoms with Crippen LogP contribution in [-0.2, 0) is 4.79 Å². The van der Waals surface area contributed by atoms with E-state index in [1.807, 2.05) is 30.3 Å². The average Bonchev–Trinajstić information content (AvgIpc) is 2.93. The van der Waals surface area contributed by atoms with Crippen molar-refractivity contribution in [2.75, 3.05) is 5.32 Å². The Labute approximate surface area is 141 Å². The number of carbonyl (C=O) groups excluding carboxylic acids is 2. The highest BCUT2D eigenvalue weighted by Crippen LogP contribution is 2.53. The van der Waals surface area contributed by atoms with Crippen molar-refractivity contribution in [1.82, 2.24) is 4.98 Å². The normalized spacial score (nSPS) is 18.8. The van der Waals surface area contributed by atoms with Gasteiger partial charge in [-0.15, -0.1) is 23.2 Å². The van der Waals surface area contributed by atoms with Gasteiger partial charge in [-0.1, -0.05) is 41.7 Å². The highest BCUT2D eigenvalue weighted by atomic mass is 35.5. The van der Waals surface area contributed by atoms with Crippen molar-refractivity contribution >= 4 is 51.4 Å². The van der Waals surface area contributed by atoms with Crippen LogP contribution in [0.2, 0.25) is 0 Å². The number of rotatable bonds is 4. The molecule has 1 N–H and O–H groups in total. The first kappa shape index (κ1) is 15.5. The molecule has 1 atom stereocenters. The molecule has 0 aliphatic heterocycles. The molecule has 1 amide bonds. The van der Waals surface area contributed by atoms with Gasteiger partial charge in [0, 0.05) is 12.5 Å². The zero-order valence-electron chi connectivity index (χ0n) is 11.6. The number of ketones is 1. The number of hydrogen-bond donors (Lipinski definition) is 1. The molecule has 0 saturated heterocycles. The molecule has 3 rings (SSSR count). The molecule has 1 saturated carbocycles. The summed E-state index contributed by atoms with van der Waals surface area (Å²) in [5.41, 5.74) is 1.41. The van der Waals surface area contributed by atoms with Crippen molar-refractivity contribution in [2.45, 2.75) is 17.7 Å². The maximum absolute atomic E-state index is 12.0. The van der Waals surface area contributed by atoms with E-state index in [1.165, 1.54) is 6.92 Å². The Morgan fingerprint density at radius 1 is 1.32 bits per heavy atom. The summed E-state index contributed by atoms with van der Waals surface area (Å²) in [6, 6.07) is 9.37. The molecule has 1 aliphatic rings. The van der Waals surface area contributed by atoms with Crippen molar-refractivity contribution in [3.05, 3.63) is 35.2 Å². The maximum atomic E-state index is 12.0. The molecular formula is C15H12Cl2N2O2S. The summed E-state index contributed by atoms with van der Waals surface area (Å²) in [7, 11) is 0. The lowest BCUT2D eigenvalue weighted by molar-refractivity contribution is -0.117. The van der Waals surface area contributed by atoms with Gasteiger partial charge in [0.15, 0.2) is 10.9 Å². The minimum atomic E-state index is -0.979.